The average molecular weight is 457 g/mol. The lowest BCUT2D eigenvalue weighted by molar-refractivity contribution is -0.122. The van der Waals surface area contributed by atoms with E-state index < -0.39 is 23.6 Å². The number of amides is 1. The number of hydrogen-bond acceptors (Lipinski definition) is 7. The molecule has 3 heterocycles. The smallest absolute Gasteiger partial charge is 0.344 e. The number of carbonyl (C=O) groups is 1. The number of fused-ring (bicyclic) bond motifs is 4. The summed E-state index contributed by atoms with van der Waals surface area (Å²) >= 11 is 0. The van der Waals surface area contributed by atoms with Gasteiger partial charge in [-0.15, -0.1) is 0 Å². The van der Waals surface area contributed by atoms with Gasteiger partial charge in [0.1, 0.15) is 11.3 Å². The molecule has 170 valence electrons. The highest BCUT2D eigenvalue weighted by Crippen LogP contribution is 2.49. The van der Waals surface area contributed by atoms with Gasteiger partial charge in [0, 0.05) is 5.69 Å². The molecule has 0 saturated carbocycles. The molecular weight excluding hydrogens is 438 g/mol. The Hall–Kier alpha value is -4.46. The summed E-state index contributed by atoms with van der Waals surface area (Å²) in [5, 5.41) is 3.50. The number of hydrogen-bond donors (Lipinski definition) is 1. The third kappa shape index (κ3) is 3.14. The normalized spacial score (nSPS) is 17.8. The van der Waals surface area contributed by atoms with Crippen molar-refractivity contribution in [1.29, 1.82) is 0 Å². The minimum absolute atomic E-state index is 0.0532. The SMILES string of the molecule is COc1cc([C@H]2c3c(c4ccccc4oc3=O)O[C@@H]2C(=O)Nc2ccccc2)cc2c1OCO2. The van der Waals surface area contributed by atoms with E-state index in [-0.39, 0.29) is 12.4 Å². The molecule has 0 fully saturated rings. The number of carbonyl (C=O) groups excluding carboxylic acids is 1. The lowest BCUT2D eigenvalue weighted by Crippen LogP contribution is -2.35. The van der Waals surface area contributed by atoms with E-state index >= 15 is 0 Å². The van der Waals surface area contributed by atoms with Crippen LogP contribution < -0.4 is 29.9 Å². The summed E-state index contributed by atoms with van der Waals surface area (Å²) in [5.41, 5.74) is 1.32. The number of ether oxygens (including phenoxy) is 4. The van der Waals surface area contributed by atoms with Crippen LogP contribution in [0.25, 0.3) is 11.0 Å². The maximum atomic E-state index is 13.4. The predicted molar refractivity (Wildman–Crippen MR) is 123 cm³/mol. The zero-order valence-electron chi connectivity index (χ0n) is 18.1. The highest BCUT2D eigenvalue weighted by Gasteiger charge is 2.45. The monoisotopic (exact) mass is 457 g/mol. The van der Waals surface area contributed by atoms with Crippen molar-refractivity contribution in [2.45, 2.75) is 12.0 Å². The van der Waals surface area contributed by atoms with Gasteiger partial charge in [0.2, 0.25) is 12.5 Å². The molecule has 0 aliphatic carbocycles. The summed E-state index contributed by atoms with van der Waals surface area (Å²) < 4.78 is 28.4. The first-order valence-corrected chi connectivity index (χ1v) is 10.7. The number of nitrogens with one attached hydrogen (secondary N) is 1. The van der Waals surface area contributed by atoms with Gasteiger partial charge < -0.3 is 28.7 Å². The Balaban J connectivity index is 1.53. The first kappa shape index (κ1) is 20.2. The lowest BCUT2D eigenvalue weighted by atomic mass is 9.87. The Morgan fingerprint density at radius 1 is 1.00 bits per heavy atom. The fourth-order valence-corrected chi connectivity index (χ4v) is 4.49. The van der Waals surface area contributed by atoms with Crippen molar-refractivity contribution < 1.29 is 28.2 Å². The van der Waals surface area contributed by atoms with Crippen LogP contribution in [0.2, 0.25) is 0 Å². The van der Waals surface area contributed by atoms with E-state index in [0.29, 0.717) is 45.2 Å². The number of para-hydroxylation sites is 2. The second-order valence-corrected chi connectivity index (χ2v) is 7.96. The van der Waals surface area contributed by atoms with Crippen LogP contribution >= 0.6 is 0 Å². The molecule has 1 amide bonds. The van der Waals surface area contributed by atoms with Crippen LogP contribution in [0.15, 0.2) is 75.9 Å². The van der Waals surface area contributed by atoms with Crippen LogP contribution in [0.5, 0.6) is 23.0 Å². The highest BCUT2D eigenvalue weighted by molar-refractivity contribution is 5.97. The molecule has 0 bridgehead atoms. The predicted octanol–water partition coefficient (Wildman–Crippen LogP) is 4.06. The minimum atomic E-state index is -1.03. The molecule has 2 aliphatic rings. The molecule has 6 rings (SSSR count). The molecule has 3 aromatic carbocycles. The van der Waals surface area contributed by atoms with Crippen molar-refractivity contribution in [3.8, 4) is 23.0 Å². The van der Waals surface area contributed by atoms with Gasteiger partial charge in [-0.25, -0.2) is 4.79 Å². The standard InChI is InChI=1S/C26H19NO7/c1-30-18-11-14(12-19-23(18)32-13-31-19)20-21-22(16-9-5-6-10-17(16)33-26(21)29)34-24(20)25(28)27-15-7-3-2-4-8-15/h2-12,20,24H,13H2,1H3,(H,27,28)/t20-,24-/m0/s1. The number of benzene rings is 3. The van der Waals surface area contributed by atoms with E-state index in [9.17, 15) is 9.59 Å². The third-order valence-electron chi connectivity index (χ3n) is 6.00. The molecule has 0 radical (unpaired) electrons. The van der Waals surface area contributed by atoms with Gasteiger partial charge in [0.25, 0.3) is 5.91 Å². The Morgan fingerprint density at radius 2 is 1.79 bits per heavy atom. The third-order valence-corrected chi connectivity index (χ3v) is 6.00. The molecular formula is C26H19NO7. The first-order chi connectivity index (χ1) is 16.6. The molecule has 4 aromatic rings. The zero-order chi connectivity index (χ0) is 23.2. The van der Waals surface area contributed by atoms with Gasteiger partial charge in [-0.2, -0.15) is 0 Å². The average Bonchev–Trinajstić information content (AvgIpc) is 3.50. The van der Waals surface area contributed by atoms with Crippen molar-refractivity contribution in [3.05, 3.63) is 88.3 Å². The molecule has 34 heavy (non-hydrogen) atoms. The van der Waals surface area contributed by atoms with Crippen molar-refractivity contribution in [2.24, 2.45) is 0 Å². The van der Waals surface area contributed by atoms with Crippen molar-refractivity contribution >= 4 is 22.6 Å². The second kappa shape index (κ2) is 7.84. The van der Waals surface area contributed by atoms with Gasteiger partial charge in [-0.05, 0) is 42.0 Å². The number of methoxy groups -OCH3 is 1. The lowest BCUT2D eigenvalue weighted by Gasteiger charge is -2.20. The van der Waals surface area contributed by atoms with Crippen molar-refractivity contribution in [2.75, 3.05) is 19.2 Å². The quantitative estimate of drug-likeness (QED) is 0.462. The Morgan fingerprint density at radius 3 is 2.62 bits per heavy atom. The zero-order valence-corrected chi connectivity index (χ0v) is 18.1. The molecule has 0 unspecified atom stereocenters. The maximum Gasteiger partial charge on any atom is 0.344 e. The summed E-state index contributed by atoms with van der Waals surface area (Å²) in [7, 11) is 1.52. The van der Waals surface area contributed by atoms with Gasteiger partial charge in [0.05, 0.1) is 24.0 Å². The number of anilines is 1. The fourth-order valence-electron chi connectivity index (χ4n) is 4.49. The molecule has 8 heteroatoms. The summed E-state index contributed by atoms with van der Waals surface area (Å²) in [6.07, 6.45) is -1.03. The van der Waals surface area contributed by atoms with Crippen LogP contribution in [-0.4, -0.2) is 25.9 Å². The molecule has 1 aromatic heterocycles. The van der Waals surface area contributed by atoms with Gasteiger partial charge in [-0.1, -0.05) is 30.3 Å². The van der Waals surface area contributed by atoms with E-state index in [1.54, 1.807) is 42.5 Å². The Kier molecular flexibility index (Phi) is 4.65. The van der Waals surface area contributed by atoms with Crippen LogP contribution in [0, 0.1) is 0 Å². The van der Waals surface area contributed by atoms with Crippen molar-refractivity contribution in [3.63, 3.8) is 0 Å². The fraction of sp³-hybridized carbons (Fsp3) is 0.154. The highest BCUT2D eigenvalue weighted by atomic mass is 16.7. The summed E-state index contributed by atoms with van der Waals surface area (Å²) in [6, 6.07) is 19.6. The molecule has 1 N–H and O–H groups in total. The molecule has 2 atom stereocenters. The summed E-state index contributed by atoms with van der Waals surface area (Å²) in [4.78, 5) is 26.6. The number of rotatable bonds is 4. The van der Waals surface area contributed by atoms with E-state index in [2.05, 4.69) is 5.32 Å². The van der Waals surface area contributed by atoms with Gasteiger partial charge >= 0.3 is 5.63 Å². The summed E-state index contributed by atoms with van der Waals surface area (Å²) in [6.45, 7) is 0.0532. The van der Waals surface area contributed by atoms with Crippen LogP contribution in [0.4, 0.5) is 5.69 Å². The Bertz CT molecular complexity index is 1480. The van der Waals surface area contributed by atoms with Crippen LogP contribution in [-0.2, 0) is 4.79 Å². The summed E-state index contributed by atoms with van der Waals surface area (Å²) in [5.74, 6) is 0.555. The largest absolute Gasteiger partial charge is 0.493 e. The maximum absolute atomic E-state index is 13.4. The van der Waals surface area contributed by atoms with E-state index in [1.165, 1.54) is 7.11 Å². The van der Waals surface area contributed by atoms with E-state index in [1.807, 2.05) is 24.3 Å². The molecule has 8 nitrogen and oxygen atoms in total. The van der Waals surface area contributed by atoms with E-state index in [0.717, 1.165) is 0 Å². The molecule has 0 spiro atoms. The van der Waals surface area contributed by atoms with Crippen LogP contribution in [0.1, 0.15) is 17.0 Å². The second-order valence-electron chi connectivity index (χ2n) is 7.96. The minimum Gasteiger partial charge on any atom is -0.493 e. The Labute approximate surface area is 193 Å². The van der Waals surface area contributed by atoms with E-state index in [4.69, 9.17) is 23.4 Å². The van der Waals surface area contributed by atoms with Gasteiger partial charge in [0.15, 0.2) is 17.6 Å². The topological polar surface area (TPSA) is 96.2 Å². The molecule has 0 saturated heterocycles. The van der Waals surface area contributed by atoms with Crippen LogP contribution in [0.3, 0.4) is 0 Å². The first-order valence-electron chi connectivity index (χ1n) is 10.7. The van der Waals surface area contributed by atoms with Crippen molar-refractivity contribution in [1.82, 2.24) is 0 Å². The molecule has 2 aliphatic heterocycles. The van der Waals surface area contributed by atoms with Gasteiger partial charge in [-0.3, -0.25) is 4.79 Å².